The Morgan fingerprint density at radius 2 is 2.28 bits per heavy atom. The summed E-state index contributed by atoms with van der Waals surface area (Å²) in [5.74, 6) is 0.320. The van der Waals surface area contributed by atoms with Crippen LogP contribution in [0.4, 0.5) is 0 Å². The normalized spacial score (nSPS) is 10.4. The van der Waals surface area contributed by atoms with E-state index in [1.54, 1.807) is 18.5 Å². The molecular weight excluding hydrogens is 298 g/mol. The molecule has 2 aromatic heterocycles. The molecular formula is C12H12BrN3O2. The van der Waals surface area contributed by atoms with E-state index in [0.29, 0.717) is 11.6 Å². The third-order valence-corrected chi connectivity index (χ3v) is 2.94. The second kappa shape index (κ2) is 5.30. The van der Waals surface area contributed by atoms with Crippen molar-refractivity contribution >= 4 is 21.7 Å². The van der Waals surface area contributed by atoms with Gasteiger partial charge in [0.15, 0.2) is 5.78 Å². The number of carbonyl (C=O) groups is 1. The Morgan fingerprint density at radius 1 is 1.50 bits per heavy atom. The van der Waals surface area contributed by atoms with Crippen molar-refractivity contribution < 1.29 is 9.53 Å². The van der Waals surface area contributed by atoms with E-state index in [4.69, 9.17) is 4.74 Å². The number of alkyl halides is 1. The number of aromatic nitrogens is 3. The van der Waals surface area contributed by atoms with Crippen LogP contribution in [0, 0.1) is 6.92 Å². The van der Waals surface area contributed by atoms with Gasteiger partial charge in [0.25, 0.3) is 0 Å². The van der Waals surface area contributed by atoms with Crippen LogP contribution in [0.2, 0.25) is 0 Å². The van der Waals surface area contributed by atoms with E-state index in [0.717, 1.165) is 11.4 Å². The van der Waals surface area contributed by atoms with Crippen molar-refractivity contribution in [3.8, 4) is 11.6 Å². The van der Waals surface area contributed by atoms with Crippen LogP contribution in [0.1, 0.15) is 16.2 Å². The Bertz CT molecular complexity index is 580. The van der Waals surface area contributed by atoms with E-state index in [-0.39, 0.29) is 11.1 Å². The lowest BCUT2D eigenvalue weighted by Crippen LogP contribution is -2.06. The van der Waals surface area contributed by atoms with E-state index < -0.39 is 0 Å². The number of Topliss-reactive ketones (excluding diaryl/α,β-unsaturated/α-hetero) is 1. The summed E-state index contributed by atoms with van der Waals surface area (Å²) >= 11 is 3.12. The minimum Gasteiger partial charge on any atom is -0.479 e. The maximum Gasteiger partial charge on any atom is 0.238 e. The summed E-state index contributed by atoms with van der Waals surface area (Å²) in [5, 5.41) is 0.243. The molecule has 0 amide bonds. The van der Waals surface area contributed by atoms with Gasteiger partial charge in [0.2, 0.25) is 5.88 Å². The molecule has 6 heteroatoms. The first-order valence-corrected chi connectivity index (χ1v) is 6.43. The lowest BCUT2D eigenvalue weighted by molar-refractivity contribution is 0.101. The highest BCUT2D eigenvalue weighted by Gasteiger charge is 2.12. The highest BCUT2D eigenvalue weighted by atomic mass is 79.9. The number of imidazole rings is 1. The molecule has 2 rings (SSSR count). The van der Waals surface area contributed by atoms with Crippen LogP contribution in [0.15, 0.2) is 24.7 Å². The van der Waals surface area contributed by atoms with Gasteiger partial charge in [-0.05, 0) is 19.1 Å². The molecule has 0 spiro atoms. The van der Waals surface area contributed by atoms with E-state index >= 15 is 0 Å². The number of hydrogen-bond acceptors (Lipinski definition) is 4. The van der Waals surface area contributed by atoms with Crippen LogP contribution >= 0.6 is 15.9 Å². The number of ether oxygens (including phenoxy) is 1. The molecule has 0 aromatic carbocycles. The first-order chi connectivity index (χ1) is 8.65. The maximum absolute atomic E-state index is 11.5. The van der Waals surface area contributed by atoms with Gasteiger partial charge < -0.3 is 9.30 Å². The Kier molecular flexibility index (Phi) is 3.76. The van der Waals surface area contributed by atoms with E-state index in [9.17, 15) is 4.79 Å². The Labute approximate surface area is 113 Å². The predicted molar refractivity (Wildman–Crippen MR) is 70.8 cm³/mol. The second-order valence-electron chi connectivity index (χ2n) is 3.70. The zero-order valence-corrected chi connectivity index (χ0v) is 11.6. The third-order valence-electron chi connectivity index (χ3n) is 2.43. The first kappa shape index (κ1) is 12.8. The van der Waals surface area contributed by atoms with Crippen molar-refractivity contribution in [2.75, 3.05) is 12.4 Å². The number of nitrogens with zero attached hydrogens (tertiary/aromatic N) is 3. The zero-order chi connectivity index (χ0) is 13.1. The molecule has 5 nitrogen and oxygen atoms in total. The molecule has 0 saturated heterocycles. The molecule has 0 N–H and O–H groups in total. The van der Waals surface area contributed by atoms with Crippen LogP contribution in [0.3, 0.4) is 0 Å². The highest BCUT2D eigenvalue weighted by molar-refractivity contribution is 9.09. The first-order valence-electron chi connectivity index (χ1n) is 5.31. The summed E-state index contributed by atoms with van der Waals surface area (Å²) in [6.07, 6.45) is 3.55. The molecule has 0 unspecified atom stereocenters. The number of pyridine rings is 1. The number of aryl methyl sites for hydroxylation is 1. The molecule has 0 aliphatic carbocycles. The Balaban J connectivity index is 2.46. The van der Waals surface area contributed by atoms with Gasteiger partial charge in [0.1, 0.15) is 11.4 Å². The highest BCUT2D eigenvalue weighted by Crippen LogP contribution is 2.21. The average molecular weight is 310 g/mol. The SMILES string of the molecule is COc1nc(C(=O)CBr)ccc1-n1cnc(C)c1. The molecule has 0 fully saturated rings. The van der Waals surface area contributed by atoms with Crippen LogP contribution in [-0.4, -0.2) is 32.8 Å². The summed E-state index contributed by atoms with van der Waals surface area (Å²) in [6.45, 7) is 1.90. The smallest absolute Gasteiger partial charge is 0.238 e. The van der Waals surface area contributed by atoms with Gasteiger partial charge in [-0.15, -0.1) is 0 Å². The molecule has 0 aliphatic rings. The number of rotatable bonds is 4. The number of ketones is 1. The van der Waals surface area contributed by atoms with Crippen LogP contribution in [-0.2, 0) is 0 Å². The summed E-state index contributed by atoms with van der Waals surface area (Å²) < 4.78 is 7.03. The topological polar surface area (TPSA) is 57.0 Å². The van der Waals surface area contributed by atoms with E-state index in [1.165, 1.54) is 7.11 Å². The van der Waals surface area contributed by atoms with Crippen molar-refractivity contribution in [2.24, 2.45) is 0 Å². The maximum atomic E-state index is 11.5. The summed E-state index contributed by atoms with van der Waals surface area (Å²) in [7, 11) is 1.53. The summed E-state index contributed by atoms with van der Waals surface area (Å²) in [4.78, 5) is 19.9. The van der Waals surface area contributed by atoms with Crippen molar-refractivity contribution in [3.05, 3.63) is 36.0 Å². The van der Waals surface area contributed by atoms with Crippen LogP contribution in [0.25, 0.3) is 5.69 Å². The largest absolute Gasteiger partial charge is 0.479 e. The van der Waals surface area contributed by atoms with Crippen molar-refractivity contribution in [2.45, 2.75) is 6.92 Å². The molecule has 0 atom stereocenters. The standard InChI is InChI=1S/C12H12BrN3O2/c1-8-6-16(7-14-8)10-4-3-9(11(17)5-13)15-12(10)18-2/h3-4,6-7H,5H2,1-2H3. The summed E-state index contributed by atoms with van der Waals surface area (Å²) in [5.41, 5.74) is 2.03. The average Bonchev–Trinajstić information content (AvgIpc) is 2.83. The monoisotopic (exact) mass is 309 g/mol. The Morgan fingerprint density at radius 3 is 2.83 bits per heavy atom. The van der Waals surface area contributed by atoms with Crippen LogP contribution < -0.4 is 4.74 Å². The lowest BCUT2D eigenvalue weighted by atomic mass is 10.2. The third kappa shape index (κ3) is 2.43. The molecule has 2 heterocycles. The molecule has 0 bridgehead atoms. The zero-order valence-electron chi connectivity index (χ0n) is 10.1. The van der Waals surface area contributed by atoms with Crippen molar-refractivity contribution in [1.82, 2.24) is 14.5 Å². The number of hydrogen-bond donors (Lipinski definition) is 0. The molecule has 0 saturated carbocycles. The number of halogens is 1. The van der Waals surface area contributed by atoms with Gasteiger partial charge >= 0.3 is 0 Å². The fourth-order valence-electron chi connectivity index (χ4n) is 1.56. The van der Waals surface area contributed by atoms with Gasteiger partial charge in [0.05, 0.1) is 24.5 Å². The summed E-state index contributed by atoms with van der Waals surface area (Å²) in [6, 6.07) is 3.47. The Hall–Kier alpha value is -1.69. The molecule has 18 heavy (non-hydrogen) atoms. The van der Waals surface area contributed by atoms with E-state index in [1.807, 2.05) is 17.7 Å². The quantitative estimate of drug-likeness (QED) is 0.641. The van der Waals surface area contributed by atoms with E-state index in [2.05, 4.69) is 25.9 Å². The predicted octanol–water partition coefficient (Wildman–Crippen LogP) is 2.16. The number of carbonyl (C=O) groups excluding carboxylic acids is 1. The van der Waals surface area contributed by atoms with Crippen molar-refractivity contribution in [3.63, 3.8) is 0 Å². The van der Waals surface area contributed by atoms with Gasteiger partial charge in [0, 0.05) is 6.20 Å². The number of methoxy groups -OCH3 is 1. The van der Waals surface area contributed by atoms with Gasteiger partial charge in [-0.3, -0.25) is 4.79 Å². The molecule has 94 valence electrons. The van der Waals surface area contributed by atoms with Gasteiger partial charge in [-0.25, -0.2) is 9.97 Å². The minimum atomic E-state index is -0.0818. The van der Waals surface area contributed by atoms with Crippen molar-refractivity contribution in [1.29, 1.82) is 0 Å². The second-order valence-corrected chi connectivity index (χ2v) is 4.26. The molecule has 2 aromatic rings. The fraction of sp³-hybridized carbons (Fsp3) is 0.250. The van der Waals surface area contributed by atoms with Gasteiger partial charge in [-0.2, -0.15) is 0 Å². The van der Waals surface area contributed by atoms with Gasteiger partial charge in [-0.1, -0.05) is 15.9 Å². The van der Waals surface area contributed by atoms with Crippen LogP contribution in [0.5, 0.6) is 5.88 Å². The minimum absolute atomic E-state index is 0.0818. The lowest BCUT2D eigenvalue weighted by Gasteiger charge is -2.09. The molecule has 0 radical (unpaired) electrons. The molecule has 0 aliphatic heterocycles. The fourth-order valence-corrected chi connectivity index (χ4v) is 1.84.